The zero-order valence-electron chi connectivity index (χ0n) is 15.8. The Labute approximate surface area is 150 Å². The zero-order chi connectivity index (χ0) is 18.8. The molecule has 0 amide bonds. The molecule has 2 aromatic rings. The van der Waals surface area contributed by atoms with Crippen LogP contribution in [0.25, 0.3) is 0 Å². The molecule has 0 aliphatic rings. The van der Waals surface area contributed by atoms with Gasteiger partial charge in [-0.3, -0.25) is 9.59 Å². The Morgan fingerprint density at radius 1 is 0.920 bits per heavy atom. The summed E-state index contributed by atoms with van der Waals surface area (Å²) in [7, 11) is 0. The highest BCUT2D eigenvalue weighted by Gasteiger charge is 2.34. The van der Waals surface area contributed by atoms with Gasteiger partial charge in [-0.15, -0.1) is 0 Å². The molecule has 1 atom stereocenters. The van der Waals surface area contributed by atoms with E-state index in [9.17, 15) is 9.59 Å². The molecule has 0 aliphatic heterocycles. The number of carbonyl (C=O) groups excluding carboxylic acids is 2. The highest BCUT2D eigenvalue weighted by atomic mass is 16.6. The molecule has 0 saturated heterocycles. The van der Waals surface area contributed by atoms with E-state index >= 15 is 0 Å². The topological polar surface area (TPSA) is 43.4 Å². The van der Waals surface area contributed by atoms with Crippen molar-refractivity contribution in [3.05, 3.63) is 70.3 Å². The number of Topliss-reactive ketones (excluding diaryl/α,β-unsaturated/α-hetero) is 1. The van der Waals surface area contributed by atoms with E-state index in [4.69, 9.17) is 4.74 Å². The lowest BCUT2D eigenvalue weighted by atomic mass is 9.86. The number of aryl methyl sites for hydroxylation is 3. The standard InChI is InChI=1S/C22H26O3/c1-14-12-15(2)18(16(3)13-14)20(23)19(17-10-8-7-9-11-17)21(24)25-22(4,5)6/h7-13,19H,1-6H3. The number of hydrogen-bond acceptors (Lipinski definition) is 3. The van der Waals surface area contributed by atoms with Gasteiger partial charge >= 0.3 is 5.97 Å². The fraction of sp³-hybridized carbons (Fsp3) is 0.364. The average Bonchev–Trinajstić information content (AvgIpc) is 2.45. The van der Waals surface area contributed by atoms with E-state index in [1.807, 2.05) is 51.1 Å². The van der Waals surface area contributed by atoms with E-state index in [1.165, 1.54) is 0 Å². The minimum absolute atomic E-state index is 0.213. The quantitative estimate of drug-likeness (QED) is 0.451. The Hall–Kier alpha value is -2.42. The zero-order valence-corrected chi connectivity index (χ0v) is 15.8. The van der Waals surface area contributed by atoms with Crippen molar-refractivity contribution in [1.29, 1.82) is 0 Å². The maximum atomic E-state index is 13.3. The summed E-state index contributed by atoms with van der Waals surface area (Å²) >= 11 is 0. The second-order valence-electron chi connectivity index (χ2n) is 7.52. The highest BCUT2D eigenvalue weighted by molar-refractivity contribution is 6.14. The third-order valence-electron chi connectivity index (χ3n) is 3.96. The van der Waals surface area contributed by atoms with Crippen LogP contribution in [0, 0.1) is 20.8 Å². The molecule has 0 heterocycles. The summed E-state index contributed by atoms with van der Waals surface area (Å²) in [6, 6.07) is 13.1. The normalized spacial score (nSPS) is 12.6. The van der Waals surface area contributed by atoms with Gasteiger partial charge in [0.1, 0.15) is 11.5 Å². The molecule has 0 aromatic heterocycles. The molecule has 2 aromatic carbocycles. The van der Waals surface area contributed by atoms with Crippen LogP contribution in [0.15, 0.2) is 42.5 Å². The van der Waals surface area contributed by atoms with E-state index in [-0.39, 0.29) is 5.78 Å². The summed E-state index contributed by atoms with van der Waals surface area (Å²) in [5.41, 5.74) is 3.47. The van der Waals surface area contributed by atoms with Gasteiger partial charge < -0.3 is 4.74 Å². The van der Waals surface area contributed by atoms with Crippen molar-refractivity contribution in [3.8, 4) is 0 Å². The summed E-state index contributed by atoms with van der Waals surface area (Å²) in [5.74, 6) is -1.68. The van der Waals surface area contributed by atoms with Crippen LogP contribution in [0.5, 0.6) is 0 Å². The van der Waals surface area contributed by atoms with Crippen LogP contribution >= 0.6 is 0 Å². The van der Waals surface area contributed by atoms with Crippen molar-refractivity contribution < 1.29 is 14.3 Å². The van der Waals surface area contributed by atoms with Gasteiger partial charge in [0.25, 0.3) is 0 Å². The Morgan fingerprint density at radius 2 is 1.44 bits per heavy atom. The summed E-state index contributed by atoms with van der Waals surface area (Å²) < 4.78 is 5.54. The Morgan fingerprint density at radius 3 is 1.92 bits per heavy atom. The molecule has 3 nitrogen and oxygen atoms in total. The molecular weight excluding hydrogens is 312 g/mol. The molecule has 0 spiro atoms. The van der Waals surface area contributed by atoms with E-state index in [0.717, 1.165) is 16.7 Å². The molecule has 3 heteroatoms. The molecule has 0 aliphatic carbocycles. The molecule has 0 radical (unpaired) electrons. The van der Waals surface area contributed by atoms with Gasteiger partial charge in [-0.2, -0.15) is 0 Å². The van der Waals surface area contributed by atoms with Gasteiger partial charge in [0.15, 0.2) is 5.78 Å². The van der Waals surface area contributed by atoms with Gasteiger partial charge in [-0.05, 0) is 58.2 Å². The molecule has 0 fully saturated rings. The minimum atomic E-state index is -0.958. The van der Waals surface area contributed by atoms with E-state index < -0.39 is 17.5 Å². The first-order chi connectivity index (χ1) is 11.6. The van der Waals surface area contributed by atoms with Crippen molar-refractivity contribution in [2.45, 2.75) is 53.1 Å². The van der Waals surface area contributed by atoms with Crippen molar-refractivity contribution in [2.24, 2.45) is 0 Å². The van der Waals surface area contributed by atoms with Crippen LogP contribution in [0.4, 0.5) is 0 Å². The van der Waals surface area contributed by atoms with Crippen molar-refractivity contribution in [3.63, 3.8) is 0 Å². The maximum Gasteiger partial charge on any atom is 0.321 e. The van der Waals surface area contributed by atoms with E-state index in [1.54, 1.807) is 32.9 Å². The molecule has 2 rings (SSSR count). The van der Waals surface area contributed by atoms with E-state index in [2.05, 4.69) is 0 Å². The predicted octanol–water partition coefficient (Wildman–Crippen LogP) is 4.92. The van der Waals surface area contributed by atoms with Crippen molar-refractivity contribution in [1.82, 2.24) is 0 Å². The second kappa shape index (κ2) is 7.22. The second-order valence-corrected chi connectivity index (χ2v) is 7.52. The van der Waals surface area contributed by atoms with Crippen LogP contribution in [-0.2, 0) is 9.53 Å². The van der Waals surface area contributed by atoms with Crippen LogP contribution in [0.3, 0.4) is 0 Å². The van der Waals surface area contributed by atoms with Crippen molar-refractivity contribution >= 4 is 11.8 Å². The Balaban J connectivity index is 2.53. The first-order valence-corrected chi connectivity index (χ1v) is 8.50. The van der Waals surface area contributed by atoms with Gasteiger partial charge in [0, 0.05) is 5.56 Å². The van der Waals surface area contributed by atoms with Crippen LogP contribution in [0.1, 0.15) is 59.3 Å². The van der Waals surface area contributed by atoms with E-state index in [0.29, 0.717) is 11.1 Å². The van der Waals surface area contributed by atoms with Gasteiger partial charge in [0.05, 0.1) is 0 Å². The fourth-order valence-electron chi connectivity index (χ4n) is 3.11. The summed E-state index contributed by atoms with van der Waals surface area (Å²) in [5, 5.41) is 0. The lowest BCUT2D eigenvalue weighted by Gasteiger charge is -2.24. The molecular formula is C22H26O3. The Kier molecular flexibility index (Phi) is 5.46. The van der Waals surface area contributed by atoms with Crippen LogP contribution < -0.4 is 0 Å². The fourth-order valence-corrected chi connectivity index (χ4v) is 3.11. The number of benzene rings is 2. The number of ether oxygens (including phenoxy) is 1. The molecule has 0 saturated carbocycles. The largest absolute Gasteiger partial charge is 0.459 e. The molecule has 0 bridgehead atoms. The summed E-state index contributed by atoms with van der Waals surface area (Å²) in [6.45, 7) is 11.2. The Bertz CT molecular complexity index is 760. The number of hydrogen-bond donors (Lipinski definition) is 0. The third-order valence-corrected chi connectivity index (χ3v) is 3.96. The molecule has 132 valence electrons. The third kappa shape index (κ3) is 4.56. The number of rotatable bonds is 4. The predicted molar refractivity (Wildman–Crippen MR) is 100 cm³/mol. The maximum absolute atomic E-state index is 13.3. The number of ketones is 1. The van der Waals surface area contributed by atoms with Gasteiger partial charge in [0.2, 0.25) is 0 Å². The molecule has 25 heavy (non-hydrogen) atoms. The number of carbonyl (C=O) groups is 2. The molecule has 0 N–H and O–H groups in total. The summed E-state index contributed by atoms with van der Waals surface area (Å²) in [4.78, 5) is 26.1. The minimum Gasteiger partial charge on any atom is -0.459 e. The molecule has 1 unspecified atom stereocenters. The lowest BCUT2D eigenvalue weighted by Crippen LogP contribution is -2.32. The SMILES string of the molecule is Cc1cc(C)c(C(=O)C(C(=O)OC(C)(C)C)c2ccccc2)c(C)c1. The van der Waals surface area contributed by atoms with Crippen LogP contribution in [-0.4, -0.2) is 17.4 Å². The number of esters is 1. The smallest absolute Gasteiger partial charge is 0.321 e. The monoisotopic (exact) mass is 338 g/mol. The van der Waals surface area contributed by atoms with Crippen molar-refractivity contribution in [2.75, 3.05) is 0 Å². The first-order valence-electron chi connectivity index (χ1n) is 8.50. The average molecular weight is 338 g/mol. The van der Waals surface area contributed by atoms with Gasteiger partial charge in [-0.25, -0.2) is 0 Å². The lowest BCUT2D eigenvalue weighted by molar-refractivity contribution is -0.155. The van der Waals surface area contributed by atoms with Gasteiger partial charge in [-0.1, -0.05) is 48.0 Å². The first kappa shape index (κ1) is 18.9. The summed E-state index contributed by atoms with van der Waals surface area (Å²) in [6.07, 6.45) is 0. The van der Waals surface area contributed by atoms with Crippen LogP contribution in [0.2, 0.25) is 0 Å². The highest BCUT2D eigenvalue weighted by Crippen LogP contribution is 2.28.